The van der Waals surface area contributed by atoms with E-state index < -0.39 is 0 Å². The Hall–Kier alpha value is -3.09. The molecule has 1 saturated carbocycles. The van der Waals surface area contributed by atoms with Crippen LogP contribution in [0.4, 0.5) is 14.9 Å². The summed E-state index contributed by atoms with van der Waals surface area (Å²) in [5.41, 5.74) is 1.54. The van der Waals surface area contributed by atoms with Gasteiger partial charge in [0.15, 0.2) is 0 Å². The molecule has 2 fully saturated rings. The average molecular weight is 411 g/mol. The summed E-state index contributed by atoms with van der Waals surface area (Å²) in [6.07, 6.45) is 3.45. The molecule has 2 aromatic carbocycles. The number of anilines is 1. The van der Waals surface area contributed by atoms with E-state index in [1.807, 2.05) is 18.2 Å². The quantitative estimate of drug-likeness (QED) is 0.757. The second-order valence-electron chi connectivity index (χ2n) is 7.92. The van der Waals surface area contributed by atoms with Crippen LogP contribution >= 0.6 is 0 Å². The molecule has 0 bridgehead atoms. The number of nitrogens with one attached hydrogen (secondary N) is 2. The molecule has 1 saturated heterocycles. The number of nitrogens with zero attached hydrogens (tertiary/aromatic N) is 1. The maximum atomic E-state index is 13.0. The molecular formula is C23H26FN3O3. The Kier molecular flexibility index (Phi) is 6.16. The third-order valence-corrected chi connectivity index (χ3v) is 5.48. The third kappa shape index (κ3) is 5.49. The van der Waals surface area contributed by atoms with E-state index in [1.165, 1.54) is 12.1 Å². The minimum absolute atomic E-state index is 0.0117. The Morgan fingerprint density at radius 2 is 1.77 bits per heavy atom. The van der Waals surface area contributed by atoms with E-state index in [1.54, 1.807) is 23.1 Å². The van der Waals surface area contributed by atoms with Crippen molar-refractivity contribution in [3.05, 3.63) is 59.9 Å². The van der Waals surface area contributed by atoms with Crippen molar-refractivity contribution in [2.45, 2.75) is 38.3 Å². The lowest BCUT2D eigenvalue weighted by Gasteiger charge is -2.31. The number of hydrogen-bond acceptors (Lipinski definition) is 3. The summed E-state index contributed by atoms with van der Waals surface area (Å²) in [7, 11) is 0. The van der Waals surface area contributed by atoms with Crippen LogP contribution in [-0.2, 0) is 11.4 Å². The van der Waals surface area contributed by atoms with Gasteiger partial charge < -0.3 is 20.3 Å². The first kappa shape index (κ1) is 20.2. The molecule has 2 aromatic rings. The number of amides is 3. The number of ether oxygens (including phenoxy) is 1. The standard InChI is InChI=1S/C23H26FN3O3/c24-18-6-4-16(5-7-18)15-30-21-3-1-2-20(14-21)25-22(28)17-10-12-27(13-11-17)23(29)26-19-8-9-19/h1-7,14,17,19H,8-13,15H2,(H,25,28)(H,26,29). The molecule has 1 aliphatic heterocycles. The minimum Gasteiger partial charge on any atom is -0.489 e. The van der Waals surface area contributed by atoms with Gasteiger partial charge in [0.1, 0.15) is 18.2 Å². The maximum absolute atomic E-state index is 13.0. The van der Waals surface area contributed by atoms with E-state index in [2.05, 4.69) is 10.6 Å². The van der Waals surface area contributed by atoms with Crippen LogP contribution in [0.15, 0.2) is 48.5 Å². The summed E-state index contributed by atoms with van der Waals surface area (Å²) < 4.78 is 18.7. The molecule has 1 aliphatic carbocycles. The van der Waals surface area contributed by atoms with Crippen LogP contribution in [0.25, 0.3) is 0 Å². The molecule has 7 heteroatoms. The zero-order chi connectivity index (χ0) is 20.9. The van der Waals surface area contributed by atoms with Gasteiger partial charge in [0, 0.05) is 36.8 Å². The van der Waals surface area contributed by atoms with E-state index in [0.29, 0.717) is 50.0 Å². The first-order valence-corrected chi connectivity index (χ1v) is 10.4. The van der Waals surface area contributed by atoms with Gasteiger partial charge in [-0.05, 0) is 55.5 Å². The monoisotopic (exact) mass is 411 g/mol. The van der Waals surface area contributed by atoms with Crippen LogP contribution in [0.3, 0.4) is 0 Å². The van der Waals surface area contributed by atoms with Crippen molar-refractivity contribution >= 4 is 17.6 Å². The van der Waals surface area contributed by atoms with Crippen LogP contribution in [0.2, 0.25) is 0 Å². The van der Waals surface area contributed by atoms with Crippen molar-refractivity contribution in [2.24, 2.45) is 5.92 Å². The van der Waals surface area contributed by atoms with Gasteiger partial charge in [-0.2, -0.15) is 0 Å². The van der Waals surface area contributed by atoms with Gasteiger partial charge >= 0.3 is 6.03 Å². The van der Waals surface area contributed by atoms with Gasteiger partial charge in [0.2, 0.25) is 5.91 Å². The molecule has 1 heterocycles. The lowest BCUT2D eigenvalue weighted by molar-refractivity contribution is -0.121. The Labute approximate surface area is 175 Å². The zero-order valence-electron chi connectivity index (χ0n) is 16.8. The van der Waals surface area contributed by atoms with Crippen molar-refractivity contribution < 1.29 is 18.7 Å². The first-order chi connectivity index (χ1) is 14.6. The highest BCUT2D eigenvalue weighted by molar-refractivity contribution is 5.93. The predicted molar refractivity (Wildman–Crippen MR) is 112 cm³/mol. The molecule has 0 unspecified atom stereocenters. The Bertz CT molecular complexity index is 891. The summed E-state index contributed by atoms with van der Waals surface area (Å²) in [6, 6.07) is 13.7. The summed E-state index contributed by atoms with van der Waals surface area (Å²) in [6.45, 7) is 1.51. The first-order valence-electron chi connectivity index (χ1n) is 10.4. The molecule has 2 aliphatic rings. The van der Waals surface area contributed by atoms with Gasteiger partial charge in [-0.15, -0.1) is 0 Å². The van der Waals surface area contributed by atoms with E-state index in [-0.39, 0.29) is 23.7 Å². The van der Waals surface area contributed by atoms with Gasteiger partial charge in [-0.25, -0.2) is 9.18 Å². The largest absolute Gasteiger partial charge is 0.489 e. The molecule has 2 N–H and O–H groups in total. The van der Waals surface area contributed by atoms with Gasteiger partial charge in [0.25, 0.3) is 0 Å². The lowest BCUT2D eigenvalue weighted by Crippen LogP contribution is -2.46. The van der Waals surface area contributed by atoms with Crippen molar-refractivity contribution in [3.63, 3.8) is 0 Å². The lowest BCUT2D eigenvalue weighted by atomic mass is 9.96. The molecule has 0 radical (unpaired) electrons. The normalized spacial score (nSPS) is 16.8. The SMILES string of the molecule is O=C(Nc1cccc(OCc2ccc(F)cc2)c1)C1CCN(C(=O)NC2CC2)CC1. The summed E-state index contributed by atoms with van der Waals surface area (Å²) in [5.74, 6) is 0.202. The Morgan fingerprint density at radius 1 is 1.03 bits per heavy atom. The number of urea groups is 1. The van der Waals surface area contributed by atoms with E-state index in [9.17, 15) is 14.0 Å². The minimum atomic E-state index is -0.280. The number of carbonyl (C=O) groups is 2. The molecule has 6 nitrogen and oxygen atoms in total. The average Bonchev–Trinajstić information content (AvgIpc) is 3.58. The number of likely N-dealkylation sites (tertiary alicyclic amines) is 1. The van der Waals surface area contributed by atoms with Crippen LogP contribution in [0.5, 0.6) is 5.75 Å². The molecule has 0 aromatic heterocycles. The molecule has 0 atom stereocenters. The third-order valence-electron chi connectivity index (χ3n) is 5.48. The highest BCUT2D eigenvalue weighted by atomic mass is 19.1. The smallest absolute Gasteiger partial charge is 0.317 e. The predicted octanol–water partition coefficient (Wildman–Crippen LogP) is 3.93. The summed E-state index contributed by atoms with van der Waals surface area (Å²) >= 11 is 0. The number of carbonyl (C=O) groups excluding carboxylic acids is 2. The fourth-order valence-electron chi connectivity index (χ4n) is 3.49. The Balaban J connectivity index is 1.25. The molecule has 158 valence electrons. The van der Waals surface area contributed by atoms with Crippen LogP contribution in [0.1, 0.15) is 31.2 Å². The fourth-order valence-corrected chi connectivity index (χ4v) is 3.49. The van der Waals surface area contributed by atoms with Crippen molar-refractivity contribution in [2.75, 3.05) is 18.4 Å². The number of piperidine rings is 1. The molecule has 4 rings (SSSR count). The molecule has 0 spiro atoms. The van der Waals surface area contributed by atoms with Gasteiger partial charge in [-0.3, -0.25) is 4.79 Å². The number of benzene rings is 2. The number of hydrogen-bond donors (Lipinski definition) is 2. The molecule has 3 amide bonds. The fraction of sp³-hybridized carbons (Fsp3) is 0.391. The second kappa shape index (κ2) is 9.15. The Morgan fingerprint density at radius 3 is 2.47 bits per heavy atom. The van der Waals surface area contributed by atoms with Crippen LogP contribution in [-0.4, -0.2) is 36.0 Å². The van der Waals surface area contributed by atoms with Crippen molar-refractivity contribution in [1.82, 2.24) is 10.2 Å². The van der Waals surface area contributed by atoms with E-state index in [4.69, 9.17) is 4.74 Å². The van der Waals surface area contributed by atoms with Gasteiger partial charge in [-0.1, -0.05) is 18.2 Å². The summed E-state index contributed by atoms with van der Waals surface area (Å²) in [4.78, 5) is 26.6. The summed E-state index contributed by atoms with van der Waals surface area (Å²) in [5, 5.41) is 5.95. The second-order valence-corrected chi connectivity index (χ2v) is 7.92. The van der Waals surface area contributed by atoms with E-state index >= 15 is 0 Å². The molecule has 30 heavy (non-hydrogen) atoms. The van der Waals surface area contributed by atoms with Crippen LogP contribution in [0, 0.1) is 11.7 Å². The topological polar surface area (TPSA) is 70.7 Å². The van der Waals surface area contributed by atoms with Crippen molar-refractivity contribution in [1.29, 1.82) is 0 Å². The maximum Gasteiger partial charge on any atom is 0.317 e. The van der Waals surface area contributed by atoms with Crippen LogP contribution < -0.4 is 15.4 Å². The molecular weight excluding hydrogens is 385 g/mol. The highest BCUT2D eigenvalue weighted by Crippen LogP contribution is 2.24. The van der Waals surface area contributed by atoms with E-state index in [0.717, 1.165) is 18.4 Å². The zero-order valence-corrected chi connectivity index (χ0v) is 16.8. The number of rotatable bonds is 6. The number of halogens is 1. The highest BCUT2D eigenvalue weighted by Gasteiger charge is 2.30. The van der Waals surface area contributed by atoms with Crippen molar-refractivity contribution in [3.8, 4) is 5.75 Å². The van der Waals surface area contributed by atoms with Gasteiger partial charge in [0.05, 0.1) is 0 Å².